The average molecular weight is 490 g/mol. The van der Waals surface area contributed by atoms with Crippen LogP contribution < -0.4 is 4.72 Å². The number of benzene rings is 1. The minimum Gasteiger partial charge on any atom is -0.467 e. The van der Waals surface area contributed by atoms with Gasteiger partial charge in [-0.25, -0.2) is 8.42 Å². The van der Waals surface area contributed by atoms with Gasteiger partial charge < -0.3 is 9.32 Å². The van der Waals surface area contributed by atoms with E-state index in [1.807, 2.05) is 21.6 Å². The zero-order valence-corrected chi connectivity index (χ0v) is 20.2. The molecule has 11 heteroatoms. The number of carbonyl (C=O) groups excluding carboxylic acids is 1. The maximum Gasteiger partial charge on any atom is 0.233 e. The molecule has 1 saturated heterocycles. The van der Waals surface area contributed by atoms with Crippen LogP contribution in [0, 0.1) is 5.92 Å². The zero-order chi connectivity index (χ0) is 23.4. The minimum absolute atomic E-state index is 0.109. The van der Waals surface area contributed by atoms with Crippen molar-refractivity contribution >= 4 is 33.4 Å². The first kappa shape index (κ1) is 23.4. The zero-order valence-electron chi connectivity index (χ0n) is 18.6. The molecule has 0 unspecified atom stereocenters. The van der Waals surface area contributed by atoms with Crippen molar-refractivity contribution in [2.45, 2.75) is 31.5 Å². The van der Waals surface area contributed by atoms with E-state index in [1.54, 1.807) is 30.5 Å². The van der Waals surface area contributed by atoms with Gasteiger partial charge in [0.15, 0.2) is 11.0 Å². The highest BCUT2D eigenvalue weighted by Gasteiger charge is 2.22. The van der Waals surface area contributed by atoms with E-state index in [-0.39, 0.29) is 5.91 Å². The van der Waals surface area contributed by atoms with Crippen LogP contribution in [0.15, 0.2) is 52.2 Å². The van der Waals surface area contributed by atoms with Crippen LogP contribution >= 0.6 is 11.8 Å². The lowest BCUT2D eigenvalue weighted by Crippen LogP contribution is -2.38. The molecule has 176 valence electrons. The smallest absolute Gasteiger partial charge is 0.233 e. The summed E-state index contributed by atoms with van der Waals surface area (Å²) in [7, 11) is -3.36. The van der Waals surface area contributed by atoms with Crippen LogP contribution in [0.4, 0.5) is 5.69 Å². The molecule has 1 aliphatic rings. The predicted molar refractivity (Wildman–Crippen MR) is 127 cm³/mol. The van der Waals surface area contributed by atoms with Crippen LogP contribution in [-0.2, 0) is 21.4 Å². The normalized spacial score (nSPS) is 15.0. The van der Waals surface area contributed by atoms with Crippen molar-refractivity contribution in [1.29, 1.82) is 0 Å². The number of likely N-dealkylation sites (tertiary alicyclic amines) is 1. The molecule has 1 aliphatic heterocycles. The standard InChI is InChI=1S/C22H27N5O4S2/c1-16-9-11-26(12-10-16)20(28)15-32-22-24-23-21(27(22)14-19-4-3-13-31-19)17-5-7-18(8-6-17)25-33(2,29)30/h3-8,13,16,25H,9-12,14-15H2,1-2H3. The third kappa shape index (κ3) is 6.17. The number of nitrogens with zero attached hydrogens (tertiary/aromatic N) is 4. The van der Waals surface area contributed by atoms with Gasteiger partial charge in [0, 0.05) is 24.3 Å². The number of rotatable bonds is 8. The number of piperidine rings is 1. The highest BCUT2D eigenvalue weighted by molar-refractivity contribution is 7.99. The molecular weight excluding hydrogens is 462 g/mol. The number of furan rings is 1. The molecule has 0 saturated carbocycles. The number of anilines is 1. The Morgan fingerprint density at radius 1 is 1.18 bits per heavy atom. The van der Waals surface area contributed by atoms with E-state index in [9.17, 15) is 13.2 Å². The van der Waals surface area contributed by atoms with Gasteiger partial charge >= 0.3 is 0 Å². The van der Waals surface area contributed by atoms with Crippen LogP contribution in [0.3, 0.4) is 0 Å². The van der Waals surface area contributed by atoms with Gasteiger partial charge in [-0.05, 0) is 55.2 Å². The molecule has 4 rings (SSSR count). The molecular formula is C22H27N5O4S2. The lowest BCUT2D eigenvalue weighted by Gasteiger charge is -2.30. The Labute approximate surface area is 197 Å². The molecule has 1 amide bonds. The Kier molecular flexibility index (Phi) is 7.08. The molecule has 0 aliphatic carbocycles. The van der Waals surface area contributed by atoms with Crippen molar-refractivity contribution in [1.82, 2.24) is 19.7 Å². The van der Waals surface area contributed by atoms with Gasteiger partial charge in [0.1, 0.15) is 5.76 Å². The fraction of sp³-hybridized carbons (Fsp3) is 0.409. The fourth-order valence-electron chi connectivity index (χ4n) is 3.69. The summed E-state index contributed by atoms with van der Waals surface area (Å²) in [6.45, 7) is 4.24. The Balaban J connectivity index is 1.53. The number of thioether (sulfide) groups is 1. The third-order valence-electron chi connectivity index (χ3n) is 5.52. The Hall–Kier alpha value is -2.79. The molecule has 1 aromatic carbocycles. The topological polar surface area (TPSA) is 110 Å². The van der Waals surface area contributed by atoms with Gasteiger partial charge in [-0.15, -0.1) is 10.2 Å². The average Bonchev–Trinajstić information content (AvgIpc) is 3.42. The number of sulfonamides is 1. The highest BCUT2D eigenvalue weighted by atomic mass is 32.2. The summed E-state index contributed by atoms with van der Waals surface area (Å²) in [5.74, 6) is 2.42. The monoisotopic (exact) mass is 489 g/mol. The fourth-order valence-corrected chi connectivity index (χ4v) is 5.09. The molecule has 1 fully saturated rings. The third-order valence-corrected chi connectivity index (χ3v) is 7.08. The van der Waals surface area contributed by atoms with E-state index in [0.29, 0.717) is 34.9 Å². The quantitative estimate of drug-likeness (QED) is 0.483. The molecule has 0 radical (unpaired) electrons. The predicted octanol–water partition coefficient (Wildman–Crippen LogP) is 3.31. The molecule has 0 bridgehead atoms. The summed E-state index contributed by atoms with van der Waals surface area (Å²) in [6.07, 6.45) is 4.80. The van der Waals surface area contributed by atoms with Gasteiger partial charge in [-0.2, -0.15) is 0 Å². The molecule has 2 aromatic heterocycles. The van der Waals surface area contributed by atoms with E-state index in [4.69, 9.17) is 4.42 Å². The van der Waals surface area contributed by atoms with Crippen molar-refractivity contribution in [2.24, 2.45) is 5.92 Å². The summed E-state index contributed by atoms with van der Waals surface area (Å²) >= 11 is 1.36. The lowest BCUT2D eigenvalue weighted by atomic mass is 9.99. The van der Waals surface area contributed by atoms with Crippen molar-refractivity contribution in [3.05, 3.63) is 48.4 Å². The molecule has 1 N–H and O–H groups in total. The van der Waals surface area contributed by atoms with E-state index >= 15 is 0 Å². The SMILES string of the molecule is CC1CCN(C(=O)CSc2nnc(-c3ccc(NS(C)(=O)=O)cc3)n2Cc2ccco2)CC1. The second kappa shape index (κ2) is 10.0. The van der Waals surface area contributed by atoms with Gasteiger partial charge in [0.25, 0.3) is 0 Å². The van der Waals surface area contributed by atoms with Crippen LogP contribution in [-0.4, -0.2) is 59.1 Å². The van der Waals surface area contributed by atoms with Crippen LogP contribution in [0.2, 0.25) is 0 Å². The lowest BCUT2D eigenvalue weighted by molar-refractivity contribution is -0.129. The van der Waals surface area contributed by atoms with Gasteiger partial charge in [0.2, 0.25) is 15.9 Å². The second-order valence-electron chi connectivity index (χ2n) is 8.28. The van der Waals surface area contributed by atoms with Crippen molar-refractivity contribution in [3.63, 3.8) is 0 Å². The van der Waals surface area contributed by atoms with E-state index < -0.39 is 10.0 Å². The largest absolute Gasteiger partial charge is 0.467 e. The molecule has 0 spiro atoms. The number of amides is 1. The maximum absolute atomic E-state index is 12.7. The Morgan fingerprint density at radius 3 is 2.55 bits per heavy atom. The number of hydrogen-bond donors (Lipinski definition) is 1. The van der Waals surface area contributed by atoms with E-state index in [1.165, 1.54) is 11.8 Å². The summed E-state index contributed by atoms with van der Waals surface area (Å²) in [4.78, 5) is 14.6. The molecule has 0 atom stereocenters. The number of carbonyl (C=O) groups is 1. The molecule has 33 heavy (non-hydrogen) atoms. The maximum atomic E-state index is 12.7. The van der Waals surface area contributed by atoms with Crippen molar-refractivity contribution in [3.8, 4) is 11.4 Å². The first-order chi connectivity index (χ1) is 15.8. The summed E-state index contributed by atoms with van der Waals surface area (Å²) in [5, 5.41) is 9.32. The van der Waals surface area contributed by atoms with Gasteiger partial charge in [-0.3, -0.25) is 14.1 Å². The number of hydrogen-bond acceptors (Lipinski definition) is 7. The van der Waals surface area contributed by atoms with E-state index in [2.05, 4.69) is 21.8 Å². The van der Waals surface area contributed by atoms with Gasteiger partial charge in [0.05, 0.1) is 24.8 Å². The summed E-state index contributed by atoms with van der Waals surface area (Å²) < 4.78 is 32.8. The first-order valence-corrected chi connectivity index (χ1v) is 13.6. The molecule has 3 aromatic rings. The van der Waals surface area contributed by atoms with Crippen LogP contribution in [0.25, 0.3) is 11.4 Å². The van der Waals surface area contributed by atoms with Crippen LogP contribution in [0.5, 0.6) is 0 Å². The van der Waals surface area contributed by atoms with Crippen molar-refractivity contribution < 1.29 is 17.6 Å². The first-order valence-electron chi connectivity index (χ1n) is 10.7. The summed E-state index contributed by atoms with van der Waals surface area (Å²) in [6, 6.07) is 10.6. The van der Waals surface area contributed by atoms with Crippen molar-refractivity contribution in [2.75, 3.05) is 29.8 Å². The highest BCUT2D eigenvalue weighted by Crippen LogP contribution is 2.27. The van der Waals surface area contributed by atoms with Crippen LogP contribution in [0.1, 0.15) is 25.5 Å². The number of aromatic nitrogens is 3. The molecule has 3 heterocycles. The Morgan fingerprint density at radius 2 is 1.91 bits per heavy atom. The summed E-state index contributed by atoms with van der Waals surface area (Å²) in [5.41, 5.74) is 1.24. The number of nitrogens with one attached hydrogen (secondary N) is 1. The van der Waals surface area contributed by atoms with E-state index in [0.717, 1.165) is 43.5 Å². The Bertz CT molecular complexity index is 1180. The minimum atomic E-state index is -3.36. The van der Waals surface area contributed by atoms with Gasteiger partial charge in [-0.1, -0.05) is 18.7 Å². The second-order valence-corrected chi connectivity index (χ2v) is 11.0. The molecule has 9 nitrogen and oxygen atoms in total.